The van der Waals surface area contributed by atoms with Crippen molar-refractivity contribution in [3.63, 3.8) is 0 Å². The molecule has 0 saturated carbocycles. The van der Waals surface area contributed by atoms with Gasteiger partial charge in [0.1, 0.15) is 6.10 Å². The first kappa shape index (κ1) is 8.93. The van der Waals surface area contributed by atoms with Gasteiger partial charge in [-0.1, -0.05) is 0 Å². The third-order valence-electron chi connectivity index (χ3n) is 1.61. The monoisotopic (exact) mass is 162 g/mol. The minimum atomic E-state index is -0.223. The number of aliphatic hydroxyl groups excluding tert-OH is 2. The summed E-state index contributed by atoms with van der Waals surface area (Å²) < 4.78 is 10.4. The van der Waals surface area contributed by atoms with E-state index in [9.17, 15) is 0 Å². The van der Waals surface area contributed by atoms with Crippen molar-refractivity contribution in [3.05, 3.63) is 0 Å². The van der Waals surface area contributed by atoms with Crippen LogP contribution in [0.5, 0.6) is 0 Å². The van der Waals surface area contributed by atoms with Gasteiger partial charge in [-0.3, -0.25) is 0 Å². The molecule has 1 saturated heterocycles. The normalized spacial score (nSPS) is 31.1. The predicted octanol–water partition coefficient (Wildman–Crippen LogP) is -0.507. The second-order valence-electron chi connectivity index (χ2n) is 2.57. The molecule has 4 heteroatoms. The molecule has 0 amide bonds. The highest BCUT2D eigenvalue weighted by atomic mass is 16.7. The van der Waals surface area contributed by atoms with Gasteiger partial charge in [-0.05, 0) is 6.42 Å². The molecule has 1 aliphatic heterocycles. The fourth-order valence-electron chi connectivity index (χ4n) is 1.01. The summed E-state index contributed by atoms with van der Waals surface area (Å²) in [5, 5.41) is 17.1. The van der Waals surface area contributed by atoms with Gasteiger partial charge >= 0.3 is 0 Å². The maximum atomic E-state index is 8.65. The Kier molecular flexibility index (Phi) is 3.79. The van der Waals surface area contributed by atoms with E-state index in [1.54, 1.807) is 0 Å². The molecule has 11 heavy (non-hydrogen) atoms. The Labute approximate surface area is 65.7 Å². The van der Waals surface area contributed by atoms with Gasteiger partial charge in [0.05, 0.1) is 13.2 Å². The van der Waals surface area contributed by atoms with Crippen LogP contribution in [0.4, 0.5) is 0 Å². The molecule has 1 fully saturated rings. The summed E-state index contributed by atoms with van der Waals surface area (Å²) in [6, 6.07) is 0. The maximum Gasteiger partial charge on any atom is 0.158 e. The van der Waals surface area contributed by atoms with E-state index < -0.39 is 0 Å². The molecule has 4 nitrogen and oxygen atoms in total. The molecule has 66 valence electrons. The standard InChI is InChI=1S/C7H14O4/c8-3-1-2-7-10-5-6(4-9)11-7/h6-9H,1-5H2. The molecule has 1 aliphatic rings. The topological polar surface area (TPSA) is 58.9 Å². The van der Waals surface area contributed by atoms with Crippen LogP contribution in [-0.2, 0) is 9.47 Å². The average Bonchev–Trinajstić information content (AvgIpc) is 2.48. The Morgan fingerprint density at radius 3 is 2.73 bits per heavy atom. The minimum absolute atomic E-state index is 0.00955. The van der Waals surface area contributed by atoms with E-state index in [0.717, 1.165) is 0 Å². The molecule has 0 aromatic carbocycles. The molecule has 0 radical (unpaired) electrons. The van der Waals surface area contributed by atoms with Gasteiger partial charge in [-0.25, -0.2) is 0 Å². The zero-order valence-corrected chi connectivity index (χ0v) is 6.40. The first-order chi connectivity index (χ1) is 5.36. The lowest BCUT2D eigenvalue weighted by Crippen LogP contribution is -2.16. The van der Waals surface area contributed by atoms with Crippen molar-refractivity contribution in [2.75, 3.05) is 19.8 Å². The average molecular weight is 162 g/mol. The van der Waals surface area contributed by atoms with Crippen LogP contribution in [0.25, 0.3) is 0 Å². The van der Waals surface area contributed by atoms with Gasteiger partial charge in [0, 0.05) is 13.0 Å². The number of ether oxygens (including phenoxy) is 2. The zero-order chi connectivity index (χ0) is 8.10. The van der Waals surface area contributed by atoms with Gasteiger partial charge in [0.25, 0.3) is 0 Å². The van der Waals surface area contributed by atoms with E-state index in [0.29, 0.717) is 19.4 Å². The van der Waals surface area contributed by atoms with Crippen molar-refractivity contribution in [1.82, 2.24) is 0 Å². The first-order valence-corrected chi connectivity index (χ1v) is 3.85. The molecule has 0 bridgehead atoms. The lowest BCUT2D eigenvalue weighted by molar-refractivity contribution is -0.0715. The molecule has 0 aromatic rings. The van der Waals surface area contributed by atoms with Crippen LogP contribution in [-0.4, -0.2) is 42.4 Å². The summed E-state index contributed by atoms with van der Waals surface area (Å²) >= 11 is 0. The highest BCUT2D eigenvalue weighted by Crippen LogP contribution is 2.14. The molecular weight excluding hydrogens is 148 g/mol. The maximum absolute atomic E-state index is 8.65. The Hall–Kier alpha value is -0.160. The lowest BCUT2D eigenvalue weighted by atomic mass is 10.3. The lowest BCUT2D eigenvalue weighted by Gasteiger charge is -2.08. The Morgan fingerprint density at radius 1 is 1.36 bits per heavy atom. The van der Waals surface area contributed by atoms with E-state index >= 15 is 0 Å². The summed E-state index contributed by atoms with van der Waals surface area (Å²) in [6.45, 7) is 0.634. The van der Waals surface area contributed by atoms with Gasteiger partial charge in [-0.15, -0.1) is 0 Å². The van der Waals surface area contributed by atoms with E-state index in [1.165, 1.54) is 0 Å². The van der Waals surface area contributed by atoms with E-state index in [2.05, 4.69) is 0 Å². The van der Waals surface area contributed by atoms with Crippen molar-refractivity contribution in [3.8, 4) is 0 Å². The molecular formula is C7H14O4. The number of hydrogen-bond donors (Lipinski definition) is 2. The van der Waals surface area contributed by atoms with Crippen molar-refractivity contribution >= 4 is 0 Å². The van der Waals surface area contributed by atoms with Crippen LogP contribution in [0.2, 0.25) is 0 Å². The largest absolute Gasteiger partial charge is 0.396 e. The third kappa shape index (κ3) is 2.75. The second-order valence-corrected chi connectivity index (χ2v) is 2.57. The van der Waals surface area contributed by atoms with Gasteiger partial charge in [0.15, 0.2) is 6.29 Å². The Bertz CT molecular complexity index is 107. The molecule has 1 rings (SSSR count). The summed E-state index contributed by atoms with van der Waals surface area (Å²) in [5.74, 6) is 0. The van der Waals surface area contributed by atoms with Crippen LogP contribution in [0.1, 0.15) is 12.8 Å². The van der Waals surface area contributed by atoms with E-state index in [1.807, 2.05) is 0 Å². The fraction of sp³-hybridized carbons (Fsp3) is 1.00. The molecule has 2 unspecified atom stereocenters. The molecule has 0 aromatic heterocycles. The Balaban J connectivity index is 2.09. The van der Waals surface area contributed by atoms with Gasteiger partial charge in [0.2, 0.25) is 0 Å². The second kappa shape index (κ2) is 4.66. The quantitative estimate of drug-likeness (QED) is 0.584. The van der Waals surface area contributed by atoms with Gasteiger partial charge < -0.3 is 19.7 Å². The summed E-state index contributed by atoms with van der Waals surface area (Å²) in [4.78, 5) is 0. The number of rotatable bonds is 4. The highest BCUT2D eigenvalue weighted by Gasteiger charge is 2.24. The van der Waals surface area contributed by atoms with Crippen molar-refractivity contribution < 1.29 is 19.7 Å². The molecule has 1 heterocycles. The van der Waals surface area contributed by atoms with E-state index in [4.69, 9.17) is 19.7 Å². The van der Waals surface area contributed by atoms with Crippen LogP contribution in [0, 0.1) is 0 Å². The summed E-state index contributed by atoms with van der Waals surface area (Å²) in [5.41, 5.74) is 0. The SMILES string of the molecule is OCCCC1OCC(CO)O1. The fourth-order valence-corrected chi connectivity index (χ4v) is 1.01. The smallest absolute Gasteiger partial charge is 0.158 e. The third-order valence-corrected chi connectivity index (χ3v) is 1.61. The van der Waals surface area contributed by atoms with Crippen molar-refractivity contribution in [2.24, 2.45) is 0 Å². The van der Waals surface area contributed by atoms with Crippen molar-refractivity contribution in [1.29, 1.82) is 0 Å². The highest BCUT2D eigenvalue weighted by molar-refractivity contribution is 4.63. The molecule has 2 N–H and O–H groups in total. The predicted molar refractivity (Wildman–Crippen MR) is 38.0 cm³/mol. The first-order valence-electron chi connectivity index (χ1n) is 3.85. The summed E-state index contributed by atoms with van der Waals surface area (Å²) in [6.07, 6.45) is 0.994. The number of aliphatic hydroxyl groups is 2. The molecule has 0 spiro atoms. The summed E-state index contributed by atoms with van der Waals surface area (Å²) in [7, 11) is 0. The Morgan fingerprint density at radius 2 is 2.18 bits per heavy atom. The molecule has 0 aliphatic carbocycles. The molecule has 2 atom stereocenters. The van der Waals surface area contributed by atoms with Crippen LogP contribution < -0.4 is 0 Å². The van der Waals surface area contributed by atoms with Crippen molar-refractivity contribution in [2.45, 2.75) is 25.2 Å². The van der Waals surface area contributed by atoms with Crippen LogP contribution in [0.3, 0.4) is 0 Å². The van der Waals surface area contributed by atoms with E-state index in [-0.39, 0.29) is 25.6 Å². The van der Waals surface area contributed by atoms with Gasteiger partial charge in [-0.2, -0.15) is 0 Å². The number of hydrogen-bond acceptors (Lipinski definition) is 4. The zero-order valence-electron chi connectivity index (χ0n) is 6.40. The van der Waals surface area contributed by atoms with Crippen LogP contribution in [0.15, 0.2) is 0 Å². The minimum Gasteiger partial charge on any atom is -0.396 e. The van der Waals surface area contributed by atoms with Crippen LogP contribution >= 0.6 is 0 Å².